The van der Waals surface area contributed by atoms with Crippen molar-refractivity contribution in [3.05, 3.63) is 52.6 Å². The van der Waals surface area contributed by atoms with Crippen LogP contribution in [0.3, 0.4) is 0 Å². The maximum Gasteiger partial charge on any atom is 0.244 e. The Hall–Kier alpha value is -2.76. The quantitative estimate of drug-likeness (QED) is 0.765. The largest absolute Gasteiger partial charge is 0.331 e. The zero-order valence-electron chi connectivity index (χ0n) is 17.5. The van der Waals surface area contributed by atoms with Crippen LogP contribution in [0.25, 0.3) is 11.3 Å². The molecule has 0 radical (unpaired) electrons. The summed E-state index contributed by atoms with van der Waals surface area (Å²) in [5.41, 5.74) is 6.71. The Labute approximate surface area is 170 Å². The number of rotatable bonds is 5. The van der Waals surface area contributed by atoms with Gasteiger partial charge in [-0.1, -0.05) is 13.8 Å². The Morgan fingerprint density at radius 1 is 1.21 bits per heavy atom. The average Bonchev–Trinajstić information content (AvgIpc) is 3.30. The van der Waals surface area contributed by atoms with Gasteiger partial charge in [0.1, 0.15) is 12.4 Å². The van der Waals surface area contributed by atoms with Crippen LogP contribution in [0, 0.1) is 18.7 Å². The first-order valence-corrected chi connectivity index (χ1v) is 10.2. The van der Waals surface area contributed by atoms with E-state index in [1.807, 2.05) is 22.6 Å². The lowest BCUT2D eigenvalue weighted by Gasteiger charge is -2.18. The van der Waals surface area contributed by atoms with Gasteiger partial charge in [-0.25, -0.2) is 4.39 Å². The van der Waals surface area contributed by atoms with E-state index in [9.17, 15) is 9.18 Å². The third-order valence-corrected chi connectivity index (χ3v) is 5.50. The Balaban J connectivity index is 1.55. The molecule has 0 aliphatic carbocycles. The smallest absolute Gasteiger partial charge is 0.244 e. The highest BCUT2D eigenvalue weighted by Crippen LogP contribution is 2.28. The van der Waals surface area contributed by atoms with Crippen molar-refractivity contribution in [1.82, 2.24) is 14.7 Å². The molecule has 1 aromatic carbocycles. The molecule has 0 bridgehead atoms. The summed E-state index contributed by atoms with van der Waals surface area (Å²) in [5, 5.41) is 4.71. The first-order chi connectivity index (χ1) is 13.8. The van der Waals surface area contributed by atoms with Gasteiger partial charge >= 0.3 is 0 Å². The number of carbonyl (C=O) groups is 1. The molecule has 0 saturated heterocycles. The fraction of sp³-hybridized carbons (Fsp3) is 0.435. The monoisotopic (exact) mass is 394 g/mol. The van der Waals surface area contributed by atoms with Crippen LogP contribution < -0.4 is 0 Å². The third-order valence-electron chi connectivity index (χ3n) is 5.50. The van der Waals surface area contributed by atoms with Crippen LogP contribution in [0.15, 0.2) is 40.5 Å². The van der Waals surface area contributed by atoms with Crippen molar-refractivity contribution in [2.45, 2.75) is 47.1 Å². The van der Waals surface area contributed by atoms with Crippen LogP contribution in [0.4, 0.5) is 4.39 Å². The lowest BCUT2D eigenvalue weighted by molar-refractivity contribution is -0.130. The van der Waals surface area contributed by atoms with Gasteiger partial charge in [0.25, 0.3) is 0 Å². The molecular formula is C23H27FN4O. The number of hydrogen-bond donors (Lipinski definition) is 0. The second-order valence-electron chi connectivity index (χ2n) is 8.56. The van der Waals surface area contributed by atoms with Gasteiger partial charge < -0.3 is 4.90 Å². The fourth-order valence-corrected chi connectivity index (χ4v) is 4.05. The molecule has 152 valence electrons. The summed E-state index contributed by atoms with van der Waals surface area (Å²) in [6, 6.07) is 7.04. The summed E-state index contributed by atoms with van der Waals surface area (Å²) >= 11 is 0. The summed E-state index contributed by atoms with van der Waals surface area (Å²) in [5.74, 6) is 0.276. The number of aromatic nitrogens is 2. The molecule has 0 N–H and O–H groups in total. The van der Waals surface area contributed by atoms with Gasteiger partial charge in [-0.15, -0.1) is 0 Å². The summed E-state index contributed by atoms with van der Waals surface area (Å²) in [7, 11) is 0. The molecular weight excluding hydrogens is 367 g/mol. The summed E-state index contributed by atoms with van der Waals surface area (Å²) in [6.45, 7) is 9.55. The minimum Gasteiger partial charge on any atom is -0.331 e. The SMILES string of the molecule is CC1=NC2=C(C1)CN(C(=O)Cn1nc(-c3ccc(F)c(C)c3)cc1CC(C)C)C2. The number of aliphatic imine (C=N–C) groups is 1. The van der Waals surface area contributed by atoms with Crippen molar-refractivity contribution < 1.29 is 9.18 Å². The van der Waals surface area contributed by atoms with Gasteiger partial charge in [0.05, 0.1) is 17.9 Å². The number of aryl methyl sites for hydroxylation is 1. The summed E-state index contributed by atoms with van der Waals surface area (Å²) in [6.07, 6.45) is 1.71. The number of halogens is 1. The van der Waals surface area contributed by atoms with Crippen molar-refractivity contribution in [2.24, 2.45) is 10.9 Å². The van der Waals surface area contributed by atoms with E-state index in [2.05, 4.69) is 18.8 Å². The molecule has 0 unspecified atom stereocenters. The van der Waals surface area contributed by atoms with Crippen LogP contribution in [-0.2, 0) is 17.8 Å². The van der Waals surface area contributed by atoms with Crippen molar-refractivity contribution in [3.63, 3.8) is 0 Å². The van der Waals surface area contributed by atoms with Gasteiger partial charge in [-0.05, 0) is 61.6 Å². The highest BCUT2D eigenvalue weighted by Gasteiger charge is 2.29. The molecule has 0 atom stereocenters. The number of benzene rings is 1. The van der Waals surface area contributed by atoms with Crippen molar-refractivity contribution in [2.75, 3.05) is 13.1 Å². The molecule has 0 saturated carbocycles. The van der Waals surface area contributed by atoms with E-state index in [1.54, 1.807) is 19.1 Å². The zero-order chi connectivity index (χ0) is 20.7. The first kappa shape index (κ1) is 19.6. The molecule has 0 fully saturated rings. The normalized spacial score (nSPS) is 16.1. The summed E-state index contributed by atoms with van der Waals surface area (Å²) in [4.78, 5) is 19.4. The molecule has 5 nitrogen and oxygen atoms in total. The standard InChI is InChI=1S/C23H27FN4O/c1-14(2)7-19-10-21(17-5-6-20(24)15(3)8-17)26-28(19)13-23(29)27-11-18-9-16(4)25-22(18)12-27/h5-6,8,10,14H,7,9,11-13H2,1-4H3. The molecule has 2 aliphatic rings. The number of nitrogens with zero attached hydrogens (tertiary/aromatic N) is 4. The minimum absolute atomic E-state index is 0.0576. The van der Waals surface area contributed by atoms with E-state index in [0.717, 1.165) is 41.2 Å². The Morgan fingerprint density at radius 2 is 2.00 bits per heavy atom. The van der Waals surface area contributed by atoms with E-state index < -0.39 is 0 Å². The lowest BCUT2D eigenvalue weighted by atomic mass is 10.1. The Morgan fingerprint density at radius 3 is 2.69 bits per heavy atom. The number of amides is 1. The maximum absolute atomic E-state index is 13.6. The van der Waals surface area contributed by atoms with Crippen LogP contribution >= 0.6 is 0 Å². The van der Waals surface area contributed by atoms with Gasteiger partial charge in [-0.2, -0.15) is 5.10 Å². The van der Waals surface area contributed by atoms with Crippen LogP contribution in [0.2, 0.25) is 0 Å². The van der Waals surface area contributed by atoms with Crippen LogP contribution in [0.1, 0.15) is 38.4 Å². The summed E-state index contributed by atoms with van der Waals surface area (Å²) < 4.78 is 15.5. The predicted molar refractivity (Wildman–Crippen MR) is 112 cm³/mol. The molecule has 0 spiro atoms. The molecule has 6 heteroatoms. The van der Waals surface area contributed by atoms with Crippen molar-refractivity contribution in [3.8, 4) is 11.3 Å². The van der Waals surface area contributed by atoms with E-state index >= 15 is 0 Å². The molecule has 29 heavy (non-hydrogen) atoms. The molecule has 2 aliphatic heterocycles. The Bertz CT molecular complexity index is 1030. The predicted octanol–water partition coefficient (Wildman–Crippen LogP) is 4.16. The fourth-order valence-electron chi connectivity index (χ4n) is 4.05. The van der Waals surface area contributed by atoms with E-state index in [1.165, 1.54) is 11.6 Å². The maximum atomic E-state index is 13.6. The minimum atomic E-state index is -0.224. The molecule has 2 aromatic rings. The third kappa shape index (κ3) is 4.02. The topological polar surface area (TPSA) is 50.5 Å². The lowest BCUT2D eigenvalue weighted by Crippen LogP contribution is -2.33. The number of hydrogen-bond acceptors (Lipinski definition) is 3. The van der Waals surface area contributed by atoms with Gasteiger partial charge in [-0.3, -0.25) is 14.5 Å². The average molecular weight is 394 g/mol. The highest BCUT2D eigenvalue weighted by molar-refractivity contribution is 5.89. The van der Waals surface area contributed by atoms with Crippen molar-refractivity contribution in [1.29, 1.82) is 0 Å². The molecule has 1 aromatic heterocycles. The zero-order valence-corrected chi connectivity index (χ0v) is 17.5. The van der Waals surface area contributed by atoms with Gasteiger partial charge in [0, 0.05) is 29.9 Å². The van der Waals surface area contributed by atoms with Crippen LogP contribution in [-0.4, -0.2) is 39.4 Å². The first-order valence-electron chi connectivity index (χ1n) is 10.2. The van der Waals surface area contributed by atoms with Gasteiger partial charge in [0.2, 0.25) is 5.91 Å². The van der Waals surface area contributed by atoms with Gasteiger partial charge in [0.15, 0.2) is 0 Å². The van der Waals surface area contributed by atoms with E-state index in [0.29, 0.717) is 24.6 Å². The van der Waals surface area contributed by atoms with E-state index in [4.69, 9.17) is 5.10 Å². The van der Waals surface area contributed by atoms with Crippen LogP contribution in [0.5, 0.6) is 0 Å². The van der Waals surface area contributed by atoms with Crippen molar-refractivity contribution >= 4 is 11.6 Å². The molecule has 3 heterocycles. The number of carbonyl (C=O) groups excluding carboxylic acids is 1. The molecule has 1 amide bonds. The molecule has 4 rings (SSSR count). The highest BCUT2D eigenvalue weighted by atomic mass is 19.1. The second-order valence-corrected chi connectivity index (χ2v) is 8.56. The Kier molecular flexibility index (Phi) is 5.11. The van der Waals surface area contributed by atoms with E-state index in [-0.39, 0.29) is 18.3 Å². The second kappa shape index (κ2) is 7.58.